The summed E-state index contributed by atoms with van der Waals surface area (Å²) < 4.78 is 0. The van der Waals surface area contributed by atoms with Crippen LogP contribution in [0.4, 0.5) is 0 Å². The van der Waals surface area contributed by atoms with Crippen LogP contribution in [0.1, 0.15) is 45.6 Å². The largest absolute Gasteiger partial charge is 0.311 e. The van der Waals surface area contributed by atoms with Crippen molar-refractivity contribution in [2.24, 2.45) is 5.41 Å². The zero-order chi connectivity index (χ0) is 13.2. The third-order valence-electron chi connectivity index (χ3n) is 4.23. The highest BCUT2D eigenvalue weighted by atomic mass is 35.5. The van der Waals surface area contributed by atoms with Crippen molar-refractivity contribution < 1.29 is 0 Å². The Hall–Kier alpha value is -0.530. The summed E-state index contributed by atoms with van der Waals surface area (Å²) in [6.07, 6.45) is 5.00. The molecule has 0 bridgehead atoms. The zero-order valence-electron chi connectivity index (χ0n) is 11.7. The van der Waals surface area contributed by atoms with Crippen molar-refractivity contribution in [3.8, 4) is 0 Å². The fraction of sp³-hybridized carbons (Fsp3) is 0.625. The van der Waals surface area contributed by atoms with Gasteiger partial charge in [-0.2, -0.15) is 0 Å². The van der Waals surface area contributed by atoms with Gasteiger partial charge in [0, 0.05) is 17.1 Å². The normalized spacial score (nSPS) is 24.1. The second-order valence-electron chi connectivity index (χ2n) is 6.30. The quantitative estimate of drug-likeness (QED) is 0.849. The molecule has 0 amide bonds. The average molecular weight is 266 g/mol. The van der Waals surface area contributed by atoms with Gasteiger partial charge in [-0.15, -0.1) is 0 Å². The molecule has 1 aliphatic carbocycles. The molecule has 0 aromatic heterocycles. The summed E-state index contributed by atoms with van der Waals surface area (Å²) in [6.45, 7) is 7.01. The van der Waals surface area contributed by atoms with E-state index in [-0.39, 0.29) is 0 Å². The van der Waals surface area contributed by atoms with E-state index in [2.05, 4.69) is 38.2 Å². The van der Waals surface area contributed by atoms with Gasteiger partial charge >= 0.3 is 0 Å². The first-order valence-corrected chi connectivity index (χ1v) is 7.36. The highest BCUT2D eigenvalue weighted by Crippen LogP contribution is 2.37. The van der Waals surface area contributed by atoms with E-state index in [1.807, 2.05) is 12.1 Å². The lowest BCUT2D eigenvalue weighted by atomic mass is 9.87. The predicted molar refractivity (Wildman–Crippen MR) is 79.2 cm³/mol. The second-order valence-corrected chi connectivity index (χ2v) is 6.70. The Bertz CT molecular complexity index is 400. The maximum atomic E-state index is 6.21. The molecule has 1 nitrogen and oxygen atoms in total. The van der Waals surface area contributed by atoms with Crippen molar-refractivity contribution in [1.82, 2.24) is 5.32 Å². The van der Waals surface area contributed by atoms with Crippen LogP contribution in [0.15, 0.2) is 24.3 Å². The van der Waals surface area contributed by atoms with Gasteiger partial charge in [0.15, 0.2) is 0 Å². The molecule has 0 aliphatic heterocycles. The monoisotopic (exact) mass is 265 g/mol. The van der Waals surface area contributed by atoms with Crippen LogP contribution in [0.3, 0.4) is 0 Å². The van der Waals surface area contributed by atoms with Crippen LogP contribution in [-0.4, -0.2) is 12.1 Å². The smallest absolute Gasteiger partial charge is 0.0438 e. The van der Waals surface area contributed by atoms with E-state index in [0.29, 0.717) is 17.5 Å². The molecule has 2 heteroatoms. The highest BCUT2D eigenvalue weighted by molar-refractivity contribution is 6.31. The van der Waals surface area contributed by atoms with Gasteiger partial charge in [0.25, 0.3) is 0 Å². The van der Waals surface area contributed by atoms with Crippen LogP contribution in [-0.2, 0) is 6.42 Å². The maximum absolute atomic E-state index is 6.21. The van der Waals surface area contributed by atoms with Gasteiger partial charge in [-0.05, 0) is 43.2 Å². The van der Waals surface area contributed by atoms with Crippen LogP contribution in [0.5, 0.6) is 0 Å². The zero-order valence-corrected chi connectivity index (χ0v) is 12.4. The molecule has 18 heavy (non-hydrogen) atoms. The SMILES string of the molecule is CC(Cc1ccccc1Cl)NC1CCCC1(C)C. The molecule has 1 aromatic carbocycles. The Morgan fingerprint density at radius 2 is 2.11 bits per heavy atom. The number of benzene rings is 1. The Labute approximate surface area is 116 Å². The maximum Gasteiger partial charge on any atom is 0.0438 e. The van der Waals surface area contributed by atoms with Gasteiger partial charge in [-0.1, -0.05) is 50.1 Å². The molecule has 0 saturated heterocycles. The van der Waals surface area contributed by atoms with Gasteiger partial charge in [0.2, 0.25) is 0 Å². The molecule has 2 unspecified atom stereocenters. The Kier molecular flexibility index (Phi) is 4.34. The number of nitrogens with one attached hydrogen (secondary N) is 1. The van der Waals surface area contributed by atoms with E-state index in [1.165, 1.54) is 24.8 Å². The number of hydrogen-bond donors (Lipinski definition) is 1. The fourth-order valence-corrected chi connectivity index (χ4v) is 3.24. The minimum Gasteiger partial charge on any atom is -0.311 e. The van der Waals surface area contributed by atoms with Crippen molar-refractivity contribution >= 4 is 11.6 Å². The third-order valence-corrected chi connectivity index (χ3v) is 4.60. The number of halogens is 1. The predicted octanol–water partition coefficient (Wildman–Crippen LogP) is 4.44. The van der Waals surface area contributed by atoms with Crippen molar-refractivity contribution in [3.63, 3.8) is 0 Å². The van der Waals surface area contributed by atoms with Crippen molar-refractivity contribution in [3.05, 3.63) is 34.9 Å². The lowest BCUT2D eigenvalue weighted by Gasteiger charge is -2.31. The number of hydrogen-bond acceptors (Lipinski definition) is 1. The summed E-state index contributed by atoms with van der Waals surface area (Å²) in [5.74, 6) is 0. The van der Waals surface area contributed by atoms with Gasteiger partial charge < -0.3 is 5.32 Å². The van der Waals surface area contributed by atoms with E-state index in [4.69, 9.17) is 11.6 Å². The first-order chi connectivity index (χ1) is 8.49. The molecular weight excluding hydrogens is 242 g/mol. The Balaban J connectivity index is 1.93. The Morgan fingerprint density at radius 3 is 2.72 bits per heavy atom. The lowest BCUT2D eigenvalue weighted by molar-refractivity contribution is 0.265. The summed E-state index contributed by atoms with van der Waals surface area (Å²) in [5.41, 5.74) is 1.68. The Morgan fingerprint density at radius 1 is 1.39 bits per heavy atom. The highest BCUT2D eigenvalue weighted by Gasteiger charge is 2.34. The van der Waals surface area contributed by atoms with E-state index in [9.17, 15) is 0 Å². The van der Waals surface area contributed by atoms with Crippen LogP contribution in [0, 0.1) is 5.41 Å². The second kappa shape index (κ2) is 5.63. The number of rotatable bonds is 4. The molecule has 1 saturated carbocycles. The molecule has 100 valence electrons. The molecule has 2 atom stereocenters. The summed E-state index contributed by atoms with van der Waals surface area (Å²) in [6, 6.07) is 9.28. The van der Waals surface area contributed by atoms with Gasteiger partial charge in [0.05, 0.1) is 0 Å². The first-order valence-electron chi connectivity index (χ1n) is 6.98. The summed E-state index contributed by atoms with van der Waals surface area (Å²) in [4.78, 5) is 0. The molecule has 1 N–H and O–H groups in total. The van der Waals surface area contributed by atoms with E-state index in [0.717, 1.165) is 11.4 Å². The average Bonchev–Trinajstić information content (AvgIpc) is 2.62. The molecule has 0 heterocycles. The lowest BCUT2D eigenvalue weighted by Crippen LogP contribution is -2.43. The van der Waals surface area contributed by atoms with Crippen molar-refractivity contribution in [1.29, 1.82) is 0 Å². The molecular formula is C16H24ClN. The molecule has 1 aliphatic rings. The summed E-state index contributed by atoms with van der Waals surface area (Å²) in [7, 11) is 0. The van der Waals surface area contributed by atoms with Gasteiger partial charge in [-0.3, -0.25) is 0 Å². The molecule has 0 radical (unpaired) electrons. The van der Waals surface area contributed by atoms with Crippen LogP contribution in [0.25, 0.3) is 0 Å². The van der Waals surface area contributed by atoms with Gasteiger partial charge in [0.1, 0.15) is 0 Å². The van der Waals surface area contributed by atoms with E-state index >= 15 is 0 Å². The van der Waals surface area contributed by atoms with Crippen molar-refractivity contribution in [2.45, 2.75) is 58.5 Å². The minimum atomic E-state index is 0.439. The molecule has 1 aromatic rings. The molecule has 0 spiro atoms. The standard InChI is InChI=1S/C16H24ClN/c1-12(11-13-7-4-5-8-14(13)17)18-15-9-6-10-16(15,2)3/h4-5,7-8,12,15,18H,6,9-11H2,1-3H3. The van der Waals surface area contributed by atoms with E-state index in [1.54, 1.807) is 0 Å². The topological polar surface area (TPSA) is 12.0 Å². The molecule has 1 fully saturated rings. The van der Waals surface area contributed by atoms with E-state index < -0.39 is 0 Å². The summed E-state index contributed by atoms with van der Waals surface area (Å²) in [5, 5.41) is 4.67. The van der Waals surface area contributed by atoms with Crippen LogP contribution >= 0.6 is 11.6 Å². The minimum absolute atomic E-state index is 0.439. The van der Waals surface area contributed by atoms with Crippen LogP contribution < -0.4 is 5.32 Å². The fourth-order valence-electron chi connectivity index (χ4n) is 3.03. The first kappa shape index (κ1) is 13.9. The summed E-state index contributed by atoms with van der Waals surface area (Å²) >= 11 is 6.21. The van der Waals surface area contributed by atoms with Crippen molar-refractivity contribution in [2.75, 3.05) is 0 Å². The van der Waals surface area contributed by atoms with Crippen LogP contribution in [0.2, 0.25) is 5.02 Å². The molecule has 2 rings (SSSR count). The van der Waals surface area contributed by atoms with Gasteiger partial charge in [-0.25, -0.2) is 0 Å². The third kappa shape index (κ3) is 3.27.